The van der Waals surface area contributed by atoms with Crippen LogP contribution in [0.5, 0.6) is 0 Å². The van der Waals surface area contributed by atoms with Gasteiger partial charge in [-0.15, -0.1) is 0 Å². The minimum absolute atomic E-state index is 0.0170. The van der Waals surface area contributed by atoms with Crippen LogP contribution < -0.4 is 0 Å². The molecular weight excluding hydrogens is 268 g/mol. The summed E-state index contributed by atoms with van der Waals surface area (Å²) in [4.78, 5) is 16.6. The van der Waals surface area contributed by atoms with Crippen molar-refractivity contribution in [1.82, 2.24) is 9.80 Å². The number of carbonyl (C=O) groups excluding carboxylic acids is 1. The van der Waals surface area contributed by atoms with E-state index in [0.717, 1.165) is 51.6 Å². The Hall–Kier alpha value is -1.33. The number of hydrogen-bond donors (Lipinski definition) is 0. The van der Waals surface area contributed by atoms with Crippen LogP contribution in [-0.2, 0) is 16.1 Å². The van der Waals surface area contributed by atoms with E-state index in [1.165, 1.54) is 0 Å². The molecule has 0 bridgehead atoms. The molecule has 118 valence electrons. The smallest absolute Gasteiger partial charge is 0.225 e. The van der Waals surface area contributed by atoms with Crippen molar-refractivity contribution < 1.29 is 13.9 Å². The lowest BCUT2D eigenvalue weighted by Gasteiger charge is -2.28. The zero-order valence-corrected chi connectivity index (χ0v) is 13.1. The van der Waals surface area contributed by atoms with Crippen LogP contribution in [0.2, 0.25) is 0 Å². The van der Waals surface area contributed by atoms with Gasteiger partial charge in [-0.05, 0) is 18.6 Å². The van der Waals surface area contributed by atoms with Crippen molar-refractivity contribution >= 4 is 5.91 Å². The van der Waals surface area contributed by atoms with Gasteiger partial charge in [-0.2, -0.15) is 0 Å². The van der Waals surface area contributed by atoms with E-state index in [0.29, 0.717) is 6.54 Å². The van der Waals surface area contributed by atoms with Crippen LogP contribution in [0.3, 0.4) is 0 Å². The first-order valence-electron chi connectivity index (χ1n) is 7.78. The second kappa shape index (κ2) is 8.20. The number of morpholine rings is 1. The van der Waals surface area contributed by atoms with E-state index < -0.39 is 0 Å². The zero-order chi connectivity index (χ0) is 15.1. The molecule has 1 amide bonds. The van der Waals surface area contributed by atoms with E-state index in [4.69, 9.17) is 9.15 Å². The Morgan fingerprint density at radius 2 is 2.14 bits per heavy atom. The standard InChI is InChI=1S/C16H26N2O3/c1-14(2)16(19)18(13-15-5-3-10-21-15)7-4-6-17-8-11-20-12-9-17/h3,5,10,14H,4,6-9,11-13H2,1-2H3. The maximum atomic E-state index is 12.3. The van der Waals surface area contributed by atoms with Gasteiger partial charge >= 0.3 is 0 Å². The molecule has 1 fully saturated rings. The number of carbonyl (C=O) groups is 1. The summed E-state index contributed by atoms with van der Waals surface area (Å²) >= 11 is 0. The van der Waals surface area contributed by atoms with Gasteiger partial charge in [0.1, 0.15) is 5.76 Å². The normalized spacial score (nSPS) is 16.3. The van der Waals surface area contributed by atoms with Crippen molar-refractivity contribution in [3.63, 3.8) is 0 Å². The Kier molecular flexibility index (Phi) is 6.26. The van der Waals surface area contributed by atoms with E-state index in [-0.39, 0.29) is 11.8 Å². The van der Waals surface area contributed by atoms with E-state index >= 15 is 0 Å². The lowest BCUT2D eigenvalue weighted by atomic mass is 10.1. The third-order valence-electron chi connectivity index (χ3n) is 3.74. The van der Waals surface area contributed by atoms with Gasteiger partial charge in [-0.25, -0.2) is 0 Å². The van der Waals surface area contributed by atoms with Crippen LogP contribution in [0.4, 0.5) is 0 Å². The summed E-state index contributed by atoms with van der Waals surface area (Å²) in [5, 5.41) is 0. The maximum absolute atomic E-state index is 12.3. The number of nitrogens with zero attached hydrogens (tertiary/aromatic N) is 2. The van der Waals surface area contributed by atoms with Crippen LogP contribution in [0, 0.1) is 5.92 Å². The largest absolute Gasteiger partial charge is 0.467 e. The van der Waals surface area contributed by atoms with Gasteiger partial charge in [-0.1, -0.05) is 13.8 Å². The van der Waals surface area contributed by atoms with E-state index in [1.54, 1.807) is 6.26 Å². The average Bonchev–Trinajstić information content (AvgIpc) is 2.99. The van der Waals surface area contributed by atoms with Gasteiger partial charge in [0.05, 0.1) is 26.0 Å². The van der Waals surface area contributed by atoms with Crippen LogP contribution >= 0.6 is 0 Å². The molecule has 0 radical (unpaired) electrons. The van der Waals surface area contributed by atoms with Gasteiger partial charge < -0.3 is 14.1 Å². The highest BCUT2D eigenvalue weighted by molar-refractivity contribution is 5.78. The first-order chi connectivity index (χ1) is 10.2. The molecule has 1 saturated heterocycles. The van der Waals surface area contributed by atoms with Crippen molar-refractivity contribution in [3.05, 3.63) is 24.2 Å². The summed E-state index contributed by atoms with van der Waals surface area (Å²) < 4.78 is 10.7. The van der Waals surface area contributed by atoms with Gasteiger partial charge in [0, 0.05) is 32.1 Å². The van der Waals surface area contributed by atoms with Crippen molar-refractivity contribution in [2.75, 3.05) is 39.4 Å². The Morgan fingerprint density at radius 1 is 1.38 bits per heavy atom. The van der Waals surface area contributed by atoms with Crippen molar-refractivity contribution in [2.24, 2.45) is 5.92 Å². The van der Waals surface area contributed by atoms with Crippen LogP contribution in [0.1, 0.15) is 26.0 Å². The van der Waals surface area contributed by atoms with Crippen LogP contribution in [-0.4, -0.2) is 55.1 Å². The van der Waals surface area contributed by atoms with Crippen LogP contribution in [0.15, 0.2) is 22.8 Å². The SMILES string of the molecule is CC(C)C(=O)N(CCCN1CCOCC1)Cc1ccco1. The maximum Gasteiger partial charge on any atom is 0.225 e. The van der Waals surface area contributed by atoms with Gasteiger partial charge in [-0.3, -0.25) is 9.69 Å². The topological polar surface area (TPSA) is 45.9 Å². The molecule has 0 aliphatic carbocycles. The lowest BCUT2D eigenvalue weighted by molar-refractivity contribution is -0.135. The van der Waals surface area contributed by atoms with Gasteiger partial charge in [0.25, 0.3) is 0 Å². The Labute approximate surface area is 126 Å². The van der Waals surface area contributed by atoms with E-state index in [1.807, 2.05) is 30.9 Å². The molecule has 0 aromatic carbocycles. The molecule has 0 saturated carbocycles. The minimum atomic E-state index is 0.0170. The van der Waals surface area contributed by atoms with Gasteiger partial charge in [0.15, 0.2) is 0 Å². The van der Waals surface area contributed by atoms with Crippen molar-refractivity contribution in [1.29, 1.82) is 0 Å². The highest BCUT2D eigenvalue weighted by Crippen LogP contribution is 2.10. The fourth-order valence-electron chi connectivity index (χ4n) is 2.53. The average molecular weight is 294 g/mol. The molecule has 0 unspecified atom stereocenters. The molecule has 5 nitrogen and oxygen atoms in total. The summed E-state index contributed by atoms with van der Waals surface area (Å²) in [6.45, 7) is 9.87. The number of hydrogen-bond acceptors (Lipinski definition) is 4. The number of ether oxygens (including phenoxy) is 1. The minimum Gasteiger partial charge on any atom is -0.467 e. The second-order valence-corrected chi connectivity index (χ2v) is 5.80. The molecule has 0 N–H and O–H groups in total. The Bertz CT molecular complexity index is 411. The fraction of sp³-hybridized carbons (Fsp3) is 0.688. The quantitative estimate of drug-likeness (QED) is 0.771. The molecule has 5 heteroatoms. The summed E-state index contributed by atoms with van der Waals surface area (Å²) in [6, 6.07) is 3.78. The number of amides is 1. The lowest BCUT2D eigenvalue weighted by Crippen LogP contribution is -2.39. The molecule has 0 atom stereocenters. The number of furan rings is 1. The predicted molar refractivity (Wildman–Crippen MR) is 80.8 cm³/mol. The summed E-state index contributed by atoms with van der Waals surface area (Å²) in [5.41, 5.74) is 0. The van der Waals surface area contributed by atoms with Gasteiger partial charge in [0.2, 0.25) is 5.91 Å². The van der Waals surface area contributed by atoms with Crippen molar-refractivity contribution in [3.8, 4) is 0 Å². The molecule has 2 rings (SSSR count). The molecule has 0 spiro atoms. The molecular formula is C16H26N2O3. The first-order valence-corrected chi connectivity index (χ1v) is 7.78. The molecule has 1 aliphatic rings. The molecule has 2 heterocycles. The molecule has 1 aromatic rings. The second-order valence-electron chi connectivity index (χ2n) is 5.80. The first kappa shape index (κ1) is 16.0. The number of rotatable bonds is 7. The van der Waals surface area contributed by atoms with Crippen molar-refractivity contribution in [2.45, 2.75) is 26.8 Å². The zero-order valence-electron chi connectivity index (χ0n) is 13.1. The van der Waals surface area contributed by atoms with Crippen LogP contribution in [0.25, 0.3) is 0 Å². The Morgan fingerprint density at radius 3 is 2.76 bits per heavy atom. The summed E-state index contributed by atoms with van der Waals surface area (Å²) in [5.74, 6) is 1.05. The summed E-state index contributed by atoms with van der Waals surface area (Å²) in [6.07, 6.45) is 2.64. The Balaban J connectivity index is 1.81. The fourth-order valence-corrected chi connectivity index (χ4v) is 2.53. The third kappa shape index (κ3) is 5.17. The monoisotopic (exact) mass is 294 g/mol. The van der Waals surface area contributed by atoms with E-state index in [2.05, 4.69) is 4.90 Å². The third-order valence-corrected chi connectivity index (χ3v) is 3.74. The molecule has 21 heavy (non-hydrogen) atoms. The predicted octanol–water partition coefficient (Wildman–Crippen LogP) is 1.99. The van der Waals surface area contributed by atoms with E-state index in [9.17, 15) is 4.79 Å². The molecule has 1 aliphatic heterocycles. The highest BCUT2D eigenvalue weighted by Gasteiger charge is 2.19. The summed E-state index contributed by atoms with van der Waals surface area (Å²) in [7, 11) is 0. The highest BCUT2D eigenvalue weighted by atomic mass is 16.5. The molecule has 1 aromatic heterocycles.